The summed E-state index contributed by atoms with van der Waals surface area (Å²) >= 11 is 0. The lowest BCUT2D eigenvalue weighted by Gasteiger charge is -2.38. The minimum Gasteiger partial charge on any atom is -0.372 e. The first-order valence-corrected chi connectivity index (χ1v) is 26.5. The predicted molar refractivity (Wildman–Crippen MR) is 321 cm³/mol. The molecular weight excluding hydrogens is 909 g/mol. The molecule has 372 valence electrons. The topological polar surface area (TPSA) is 13.0 Å². The zero-order valence-corrected chi connectivity index (χ0v) is 44.8. The second kappa shape index (κ2) is 21.9. The van der Waals surface area contributed by atoms with Gasteiger partial charge in [0.2, 0.25) is 0 Å². The first kappa shape index (κ1) is 50.0. The molecule has 4 heteroatoms. The molecule has 0 heterocycles. The highest BCUT2D eigenvalue weighted by molar-refractivity contribution is 5.81. The van der Waals surface area contributed by atoms with E-state index in [1.807, 2.05) is 0 Å². The van der Waals surface area contributed by atoms with Gasteiger partial charge < -0.3 is 19.6 Å². The number of nitrogens with zero attached hydrogens (tertiary/aromatic N) is 4. The van der Waals surface area contributed by atoms with Crippen molar-refractivity contribution in [2.24, 2.45) is 0 Å². The lowest BCUT2D eigenvalue weighted by atomic mass is 9.65. The Hall–Kier alpha value is -8.60. The third-order valence-electron chi connectivity index (χ3n) is 14.9. The van der Waals surface area contributed by atoms with Crippen molar-refractivity contribution in [1.82, 2.24) is 0 Å². The maximum Gasteiger partial charge on any atom is 0.0701 e. The molecule has 0 aromatic heterocycles. The Labute approximate surface area is 446 Å². The summed E-state index contributed by atoms with van der Waals surface area (Å²) in [6.45, 7) is 19.2. The third-order valence-corrected chi connectivity index (χ3v) is 14.9. The third kappa shape index (κ3) is 10.3. The van der Waals surface area contributed by atoms with E-state index in [-0.39, 0.29) is 0 Å². The first-order chi connectivity index (χ1) is 36.5. The second-order valence-corrected chi connectivity index (χ2v) is 20.1. The zero-order chi connectivity index (χ0) is 52.1. The lowest BCUT2D eigenvalue weighted by Crippen LogP contribution is -2.31. The summed E-state index contributed by atoms with van der Waals surface area (Å²) in [5.41, 5.74) is 22.4. The molecule has 0 bridgehead atoms. The molecule has 0 aliphatic rings. The predicted octanol–water partition coefficient (Wildman–Crippen LogP) is 19.2. The van der Waals surface area contributed by atoms with Gasteiger partial charge in [-0.3, -0.25) is 0 Å². The van der Waals surface area contributed by atoms with E-state index in [9.17, 15) is 0 Å². The monoisotopic (exact) mass is 977 g/mol. The van der Waals surface area contributed by atoms with E-state index in [4.69, 9.17) is 0 Å². The van der Waals surface area contributed by atoms with Gasteiger partial charge in [-0.05, 0) is 199 Å². The molecular formula is C71H68N4. The van der Waals surface area contributed by atoms with Gasteiger partial charge in [-0.15, -0.1) is 0 Å². The summed E-state index contributed by atoms with van der Waals surface area (Å²) in [5.74, 6) is 0. The van der Waals surface area contributed by atoms with Crippen molar-refractivity contribution in [2.45, 2.75) is 60.8 Å². The molecule has 0 saturated carbocycles. The summed E-state index contributed by atoms with van der Waals surface area (Å²) in [6.07, 6.45) is 0. The van der Waals surface area contributed by atoms with Gasteiger partial charge in [-0.1, -0.05) is 155 Å². The fourth-order valence-electron chi connectivity index (χ4n) is 10.6. The minimum absolute atomic E-state index is 0.757. The Morgan fingerprint density at radius 2 is 0.360 bits per heavy atom. The molecule has 0 atom stereocenters. The first-order valence-electron chi connectivity index (χ1n) is 26.5. The van der Waals surface area contributed by atoms with Crippen LogP contribution in [0.1, 0.15) is 69.5 Å². The number of hydrogen-bond acceptors (Lipinski definition) is 4. The van der Waals surface area contributed by atoms with Crippen molar-refractivity contribution < 1.29 is 0 Å². The standard InChI is InChI=1S/C71H68N4/c1-9-72(10-2)61-43-23-57(24-44-61)71(58-25-45-68(46-26-58)73(62-31-11-51(3)12-32-62)63-33-13-52(4)14-34-63,59-27-47-69(48-28-59)74(64-35-15-53(5)16-36-64)65-37-17-54(6)18-38-65)60-29-49-70(50-30-60)75(66-39-19-55(7)20-40-66)67-41-21-56(8)22-42-67/h11-50H,9-10H2,1-8H3. The smallest absolute Gasteiger partial charge is 0.0701 e. The van der Waals surface area contributed by atoms with Gasteiger partial charge in [0, 0.05) is 70.0 Å². The summed E-state index contributed by atoms with van der Waals surface area (Å²) in [7, 11) is 0. The van der Waals surface area contributed by atoms with Crippen LogP contribution in [0.15, 0.2) is 243 Å². The molecule has 0 fully saturated rings. The van der Waals surface area contributed by atoms with E-state index in [1.165, 1.54) is 44.6 Å². The van der Waals surface area contributed by atoms with E-state index in [2.05, 4.69) is 318 Å². The Morgan fingerprint density at radius 3 is 0.520 bits per heavy atom. The number of anilines is 10. The van der Waals surface area contributed by atoms with Crippen LogP contribution in [-0.4, -0.2) is 13.1 Å². The molecule has 0 aliphatic heterocycles. The molecule has 0 saturated heterocycles. The van der Waals surface area contributed by atoms with Crippen LogP contribution in [0.5, 0.6) is 0 Å². The van der Waals surface area contributed by atoms with Crippen LogP contribution < -0.4 is 19.6 Å². The van der Waals surface area contributed by atoms with E-state index in [0.717, 1.165) is 81.0 Å². The Morgan fingerprint density at radius 1 is 0.213 bits per heavy atom. The van der Waals surface area contributed by atoms with Crippen LogP contribution in [0.2, 0.25) is 0 Å². The highest BCUT2D eigenvalue weighted by atomic mass is 15.2. The normalized spacial score (nSPS) is 11.3. The summed E-state index contributed by atoms with van der Waals surface area (Å²) in [5, 5.41) is 0. The van der Waals surface area contributed by atoms with Gasteiger partial charge in [0.25, 0.3) is 0 Å². The molecule has 75 heavy (non-hydrogen) atoms. The Kier molecular flexibility index (Phi) is 14.6. The summed E-state index contributed by atoms with van der Waals surface area (Å²) in [6, 6.07) is 90.4. The molecule has 0 N–H and O–H groups in total. The Bertz CT molecular complexity index is 2960. The zero-order valence-electron chi connectivity index (χ0n) is 44.8. The number of hydrogen-bond donors (Lipinski definition) is 0. The van der Waals surface area contributed by atoms with Gasteiger partial charge in [-0.25, -0.2) is 0 Å². The van der Waals surface area contributed by atoms with Crippen LogP contribution in [0.3, 0.4) is 0 Å². The second-order valence-electron chi connectivity index (χ2n) is 20.1. The van der Waals surface area contributed by atoms with Crippen LogP contribution in [-0.2, 0) is 5.41 Å². The average molecular weight is 977 g/mol. The SMILES string of the molecule is CCN(CC)c1ccc(C(c2ccc(N(c3ccc(C)cc3)c3ccc(C)cc3)cc2)(c2ccc(N(c3ccc(C)cc3)c3ccc(C)cc3)cc2)c2ccc(N(c3ccc(C)cc3)c3ccc(C)cc3)cc2)cc1. The average Bonchev–Trinajstić information content (AvgIpc) is 3.44. The van der Waals surface area contributed by atoms with Crippen LogP contribution in [0, 0.1) is 41.5 Å². The number of aryl methyl sites for hydroxylation is 6. The van der Waals surface area contributed by atoms with Crippen LogP contribution in [0.25, 0.3) is 0 Å². The molecule has 0 radical (unpaired) electrons. The highest BCUT2D eigenvalue weighted by Gasteiger charge is 2.39. The van der Waals surface area contributed by atoms with E-state index >= 15 is 0 Å². The maximum atomic E-state index is 2.42. The highest BCUT2D eigenvalue weighted by Crippen LogP contribution is 2.49. The molecule has 0 spiro atoms. The molecule has 0 amide bonds. The van der Waals surface area contributed by atoms with Gasteiger partial charge in [0.15, 0.2) is 0 Å². The van der Waals surface area contributed by atoms with Crippen molar-refractivity contribution >= 4 is 56.9 Å². The fraction of sp³-hybridized carbons (Fsp3) is 0.155. The molecule has 10 aromatic rings. The van der Waals surface area contributed by atoms with Crippen molar-refractivity contribution in [2.75, 3.05) is 32.7 Å². The largest absolute Gasteiger partial charge is 0.372 e. The van der Waals surface area contributed by atoms with Crippen LogP contribution >= 0.6 is 0 Å². The van der Waals surface area contributed by atoms with Crippen LogP contribution in [0.4, 0.5) is 56.9 Å². The Balaban J connectivity index is 1.20. The van der Waals surface area contributed by atoms with Crippen molar-refractivity contribution in [3.05, 3.63) is 298 Å². The van der Waals surface area contributed by atoms with Crippen molar-refractivity contribution in [3.63, 3.8) is 0 Å². The molecule has 10 rings (SSSR count). The summed E-state index contributed by atoms with van der Waals surface area (Å²) in [4.78, 5) is 9.51. The lowest BCUT2D eigenvalue weighted by molar-refractivity contribution is 0.744. The van der Waals surface area contributed by atoms with E-state index in [0.29, 0.717) is 0 Å². The molecule has 0 aliphatic carbocycles. The maximum absolute atomic E-state index is 2.42. The molecule has 10 aromatic carbocycles. The van der Waals surface area contributed by atoms with Crippen molar-refractivity contribution in [3.8, 4) is 0 Å². The molecule has 4 nitrogen and oxygen atoms in total. The number of benzene rings is 10. The van der Waals surface area contributed by atoms with Crippen molar-refractivity contribution in [1.29, 1.82) is 0 Å². The van der Waals surface area contributed by atoms with E-state index in [1.54, 1.807) is 0 Å². The number of rotatable bonds is 16. The van der Waals surface area contributed by atoms with Gasteiger partial charge in [0.05, 0.1) is 5.41 Å². The summed E-state index contributed by atoms with van der Waals surface area (Å²) < 4.78 is 0. The quantitative estimate of drug-likeness (QED) is 0.0895. The fourth-order valence-corrected chi connectivity index (χ4v) is 10.6. The minimum atomic E-state index is -0.757. The van der Waals surface area contributed by atoms with Gasteiger partial charge >= 0.3 is 0 Å². The molecule has 0 unspecified atom stereocenters. The van der Waals surface area contributed by atoms with Gasteiger partial charge in [0.1, 0.15) is 0 Å². The van der Waals surface area contributed by atoms with E-state index < -0.39 is 5.41 Å². The van der Waals surface area contributed by atoms with Gasteiger partial charge in [-0.2, -0.15) is 0 Å².